The maximum absolute atomic E-state index is 2.31. The summed E-state index contributed by atoms with van der Waals surface area (Å²) in [7, 11) is 4.36. The van der Waals surface area contributed by atoms with Gasteiger partial charge in [-0.1, -0.05) is 180 Å². The van der Waals surface area contributed by atoms with Gasteiger partial charge in [-0.15, -0.1) is 0 Å². The van der Waals surface area contributed by atoms with Crippen LogP contribution in [0.2, 0.25) is 0 Å². The van der Waals surface area contributed by atoms with E-state index in [1.165, 1.54) is 186 Å². The zero-order valence-electron chi connectivity index (χ0n) is 24.0. The molecule has 1 heteroatoms. The molecule has 0 fully saturated rings. The number of hydrogen-bond donors (Lipinski definition) is 0. The van der Waals surface area contributed by atoms with Crippen molar-refractivity contribution >= 4 is 0 Å². The fourth-order valence-corrected chi connectivity index (χ4v) is 5.10. The van der Waals surface area contributed by atoms with Crippen LogP contribution in [0.1, 0.15) is 187 Å². The molecule has 0 aromatic rings. The minimum Gasteiger partial charge on any atom is -0.309 e. The van der Waals surface area contributed by atoms with E-state index in [0.717, 1.165) is 0 Å². The normalized spacial score (nSPS) is 11.6. The van der Waals surface area contributed by atoms with Gasteiger partial charge in [0.25, 0.3) is 0 Å². The summed E-state index contributed by atoms with van der Waals surface area (Å²) in [4.78, 5) is 2.31. The monoisotopic (exact) mass is 466 g/mol. The predicted molar refractivity (Wildman–Crippen MR) is 154 cm³/mol. The van der Waals surface area contributed by atoms with Crippen LogP contribution in [0, 0.1) is 0 Å². The molecule has 0 atom stereocenters. The van der Waals surface area contributed by atoms with Crippen molar-refractivity contribution in [3.63, 3.8) is 0 Å². The zero-order chi connectivity index (χ0) is 24.1. The van der Waals surface area contributed by atoms with Crippen molar-refractivity contribution < 1.29 is 0 Å². The lowest BCUT2D eigenvalue weighted by molar-refractivity contribution is 0.389. The van der Waals surface area contributed by atoms with Crippen LogP contribution < -0.4 is 0 Å². The Labute approximate surface area is 212 Å². The van der Waals surface area contributed by atoms with Gasteiger partial charge in [-0.25, -0.2) is 0 Å². The van der Waals surface area contributed by atoms with E-state index in [4.69, 9.17) is 0 Å². The molecule has 0 aliphatic heterocycles. The Bertz CT molecular complexity index is 324. The molecular weight excluding hydrogens is 398 g/mol. The van der Waals surface area contributed by atoms with Gasteiger partial charge < -0.3 is 4.90 Å². The number of rotatable bonds is 29. The summed E-state index contributed by atoms with van der Waals surface area (Å²) in [5.41, 5.74) is 0. The average Bonchev–Trinajstić information content (AvgIpc) is 2.80. The zero-order valence-corrected chi connectivity index (χ0v) is 24.0. The number of nitrogens with zero attached hydrogens (tertiary/aromatic N) is 1. The average molecular weight is 466 g/mol. The van der Waals surface area contributed by atoms with Gasteiger partial charge in [-0.3, -0.25) is 0 Å². The van der Waals surface area contributed by atoms with Crippen molar-refractivity contribution in [3.8, 4) is 0 Å². The van der Waals surface area contributed by atoms with Gasteiger partial charge >= 0.3 is 0 Å². The highest BCUT2D eigenvalue weighted by Crippen LogP contribution is 2.16. The molecule has 0 heterocycles. The summed E-state index contributed by atoms with van der Waals surface area (Å²) in [6.45, 7) is 3.57. The van der Waals surface area contributed by atoms with Gasteiger partial charge in [0, 0.05) is 0 Å². The van der Waals surface area contributed by atoms with Crippen molar-refractivity contribution in [3.05, 3.63) is 0 Å². The lowest BCUT2D eigenvalue weighted by Crippen LogP contribution is -2.12. The Morgan fingerprint density at radius 1 is 0.273 bits per heavy atom. The Kier molecular flexibility index (Phi) is 30.0. The van der Waals surface area contributed by atoms with Gasteiger partial charge in [0.15, 0.2) is 0 Å². The van der Waals surface area contributed by atoms with Crippen LogP contribution in [0.5, 0.6) is 0 Å². The van der Waals surface area contributed by atoms with Crippen LogP contribution in [0.4, 0.5) is 0 Å². The first-order valence-corrected chi connectivity index (χ1v) is 15.9. The van der Waals surface area contributed by atoms with E-state index in [1.807, 2.05) is 0 Å². The summed E-state index contributed by atoms with van der Waals surface area (Å²) in [6.07, 6.45) is 41.3. The topological polar surface area (TPSA) is 3.24 Å². The maximum atomic E-state index is 2.31. The van der Waals surface area contributed by atoms with Crippen molar-refractivity contribution in [1.29, 1.82) is 0 Å². The molecule has 0 saturated heterocycles. The highest BCUT2D eigenvalue weighted by molar-refractivity contribution is 4.52. The molecule has 0 aromatic carbocycles. The molecule has 0 bridgehead atoms. The summed E-state index contributed by atoms with van der Waals surface area (Å²) < 4.78 is 0. The van der Waals surface area contributed by atoms with Crippen molar-refractivity contribution in [2.45, 2.75) is 187 Å². The van der Waals surface area contributed by atoms with Crippen molar-refractivity contribution in [2.75, 3.05) is 20.6 Å². The quantitative estimate of drug-likeness (QED) is 0.0992. The van der Waals surface area contributed by atoms with Crippen LogP contribution >= 0.6 is 0 Å². The summed E-state index contributed by atoms with van der Waals surface area (Å²) in [6, 6.07) is 0. The van der Waals surface area contributed by atoms with E-state index in [9.17, 15) is 0 Å². The molecule has 0 unspecified atom stereocenters. The van der Waals surface area contributed by atoms with Crippen LogP contribution in [-0.4, -0.2) is 25.5 Å². The minimum atomic E-state index is 1.26. The first kappa shape index (κ1) is 33.0. The minimum absolute atomic E-state index is 1.26. The van der Waals surface area contributed by atoms with Gasteiger partial charge in [-0.05, 0) is 27.1 Å². The Morgan fingerprint density at radius 2 is 0.455 bits per heavy atom. The smallest absolute Gasteiger partial charge is 0.00248 e. The molecule has 0 radical (unpaired) electrons. The molecule has 0 spiro atoms. The van der Waals surface area contributed by atoms with Gasteiger partial charge in [0.1, 0.15) is 0 Å². The number of hydrogen-bond acceptors (Lipinski definition) is 1. The molecule has 0 amide bonds. The largest absolute Gasteiger partial charge is 0.309 e. The van der Waals surface area contributed by atoms with Gasteiger partial charge in [0.05, 0.1) is 0 Å². The number of unbranched alkanes of at least 4 members (excludes halogenated alkanes) is 27. The van der Waals surface area contributed by atoms with Gasteiger partial charge in [-0.2, -0.15) is 0 Å². The third-order valence-electron chi connectivity index (χ3n) is 7.46. The molecule has 0 aliphatic rings. The molecular formula is C32H67N. The second-order valence-corrected chi connectivity index (χ2v) is 11.3. The molecule has 0 aliphatic carbocycles. The molecule has 0 rings (SSSR count). The lowest BCUT2D eigenvalue weighted by atomic mass is 10.0. The highest BCUT2D eigenvalue weighted by Gasteiger charge is 1.97. The third kappa shape index (κ3) is 32.0. The molecule has 1 nitrogen and oxygen atoms in total. The fraction of sp³-hybridized carbons (Fsp3) is 1.00. The Balaban J connectivity index is 3.00. The molecule has 0 aromatic heterocycles. The van der Waals surface area contributed by atoms with Crippen LogP contribution in [0.3, 0.4) is 0 Å². The van der Waals surface area contributed by atoms with Crippen LogP contribution in [0.25, 0.3) is 0 Å². The molecule has 33 heavy (non-hydrogen) atoms. The lowest BCUT2D eigenvalue weighted by Gasteiger charge is -2.08. The van der Waals surface area contributed by atoms with Gasteiger partial charge in [0.2, 0.25) is 0 Å². The van der Waals surface area contributed by atoms with Crippen molar-refractivity contribution in [2.24, 2.45) is 0 Å². The Hall–Kier alpha value is -0.0400. The standard InChI is InChI=1S/C32H67N/c1-4-5-6-7-8-9-10-11-12-13-14-15-16-17-18-19-20-21-22-23-24-25-26-27-28-29-30-31-32-33(2)3/h4-32H2,1-3H3. The first-order valence-electron chi connectivity index (χ1n) is 15.9. The van der Waals surface area contributed by atoms with Crippen LogP contribution in [0.15, 0.2) is 0 Å². The van der Waals surface area contributed by atoms with E-state index < -0.39 is 0 Å². The fourth-order valence-electron chi connectivity index (χ4n) is 5.10. The molecule has 0 N–H and O–H groups in total. The Morgan fingerprint density at radius 3 is 0.636 bits per heavy atom. The van der Waals surface area contributed by atoms with E-state index >= 15 is 0 Å². The summed E-state index contributed by atoms with van der Waals surface area (Å²) in [5, 5.41) is 0. The second kappa shape index (κ2) is 30.0. The van der Waals surface area contributed by atoms with E-state index in [1.54, 1.807) is 0 Å². The predicted octanol–water partition coefficient (Wildman–Crippen LogP) is 11.5. The first-order chi connectivity index (χ1) is 16.3. The second-order valence-electron chi connectivity index (χ2n) is 11.3. The van der Waals surface area contributed by atoms with E-state index in [2.05, 4.69) is 25.9 Å². The SMILES string of the molecule is CCCCCCCCCCCCCCCCCCCCCCCCCCCCCCN(C)C. The molecule has 200 valence electrons. The maximum Gasteiger partial charge on any atom is -0.00248 e. The van der Waals surface area contributed by atoms with E-state index in [-0.39, 0.29) is 0 Å². The van der Waals surface area contributed by atoms with Crippen LogP contribution in [-0.2, 0) is 0 Å². The third-order valence-corrected chi connectivity index (χ3v) is 7.46. The summed E-state index contributed by atoms with van der Waals surface area (Å²) in [5.74, 6) is 0. The van der Waals surface area contributed by atoms with E-state index in [0.29, 0.717) is 0 Å². The van der Waals surface area contributed by atoms with Crippen molar-refractivity contribution in [1.82, 2.24) is 4.90 Å². The highest BCUT2D eigenvalue weighted by atomic mass is 15.0. The summed E-state index contributed by atoms with van der Waals surface area (Å²) >= 11 is 0. The molecule has 0 saturated carbocycles.